The number of nitrogens with two attached hydrogens (primary N) is 1. The van der Waals surface area contributed by atoms with Gasteiger partial charge in [-0.05, 0) is 32.2 Å². The second-order valence-corrected chi connectivity index (χ2v) is 4.91. The quantitative estimate of drug-likeness (QED) is 0.572. The van der Waals surface area contributed by atoms with Crippen LogP contribution >= 0.6 is 0 Å². The molecule has 1 amide bonds. The lowest BCUT2D eigenvalue weighted by Gasteiger charge is -2.30. The van der Waals surface area contributed by atoms with Crippen molar-refractivity contribution < 1.29 is 9.90 Å². The first-order valence-corrected chi connectivity index (χ1v) is 6.63. The Morgan fingerprint density at radius 1 is 1.41 bits per heavy atom. The number of aliphatic hydroxyl groups excluding tert-OH is 1. The van der Waals surface area contributed by atoms with Gasteiger partial charge in [-0.3, -0.25) is 4.79 Å². The molecule has 0 aliphatic heterocycles. The predicted octanol–water partition coefficient (Wildman–Crippen LogP) is 1.28. The van der Waals surface area contributed by atoms with Crippen LogP contribution in [0.1, 0.15) is 46.5 Å². The Hall–Kier alpha value is -0.610. The van der Waals surface area contributed by atoms with E-state index in [0.717, 1.165) is 25.7 Å². The van der Waals surface area contributed by atoms with Crippen molar-refractivity contribution in [1.82, 2.24) is 5.32 Å². The summed E-state index contributed by atoms with van der Waals surface area (Å²) in [5, 5.41) is 12.3. The number of rotatable bonds is 9. The third-order valence-electron chi connectivity index (χ3n) is 3.76. The first-order valence-electron chi connectivity index (χ1n) is 6.63. The van der Waals surface area contributed by atoms with Crippen LogP contribution in [0.4, 0.5) is 0 Å². The van der Waals surface area contributed by atoms with Crippen LogP contribution in [-0.2, 0) is 4.79 Å². The maximum absolute atomic E-state index is 11.8. The minimum atomic E-state index is -0.163. The molecule has 0 saturated heterocycles. The lowest BCUT2D eigenvalue weighted by atomic mass is 9.83. The van der Waals surface area contributed by atoms with Gasteiger partial charge in [0.25, 0.3) is 0 Å². The first-order chi connectivity index (χ1) is 8.05. The Bertz CT molecular complexity index is 207. The van der Waals surface area contributed by atoms with Gasteiger partial charge in [0.05, 0.1) is 6.61 Å². The molecule has 1 atom stereocenters. The highest BCUT2D eigenvalue weighted by molar-refractivity contribution is 5.78. The van der Waals surface area contributed by atoms with E-state index in [0.29, 0.717) is 13.1 Å². The van der Waals surface area contributed by atoms with E-state index < -0.39 is 0 Å². The van der Waals surface area contributed by atoms with Crippen molar-refractivity contribution in [1.29, 1.82) is 0 Å². The van der Waals surface area contributed by atoms with E-state index in [1.165, 1.54) is 0 Å². The molecular formula is C13H28N2O2. The van der Waals surface area contributed by atoms with Gasteiger partial charge in [0.2, 0.25) is 5.91 Å². The highest BCUT2D eigenvalue weighted by Crippen LogP contribution is 2.24. The molecule has 1 unspecified atom stereocenters. The van der Waals surface area contributed by atoms with Gasteiger partial charge in [0, 0.05) is 17.9 Å². The summed E-state index contributed by atoms with van der Waals surface area (Å²) in [6.07, 6.45) is 3.45. The Morgan fingerprint density at radius 2 is 2.00 bits per heavy atom. The fourth-order valence-electron chi connectivity index (χ4n) is 1.78. The fourth-order valence-corrected chi connectivity index (χ4v) is 1.78. The normalized spacial score (nSPS) is 13.5. The van der Waals surface area contributed by atoms with Crippen molar-refractivity contribution in [2.24, 2.45) is 17.1 Å². The van der Waals surface area contributed by atoms with E-state index in [9.17, 15) is 9.90 Å². The van der Waals surface area contributed by atoms with Gasteiger partial charge >= 0.3 is 0 Å². The van der Waals surface area contributed by atoms with E-state index in [-0.39, 0.29) is 23.8 Å². The molecule has 0 aromatic rings. The summed E-state index contributed by atoms with van der Waals surface area (Å²) in [7, 11) is 0. The van der Waals surface area contributed by atoms with Crippen molar-refractivity contribution in [3.05, 3.63) is 0 Å². The summed E-state index contributed by atoms with van der Waals surface area (Å²) in [5.74, 6) is 0.0711. The van der Waals surface area contributed by atoms with Crippen molar-refractivity contribution in [3.8, 4) is 0 Å². The fraction of sp³-hybridized carbons (Fsp3) is 0.923. The lowest BCUT2D eigenvalue weighted by Crippen LogP contribution is -2.41. The molecule has 4 heteroatoms. The van der Waals surface area contributed by atoms with Gasteiger partial charge in [-0.15, -0.1) is 0 Å². The van der Waals surface area contributed by atoms with Crippen LogP contribution in [0.3, 0.4) is 0 Å². The average Bonchev–Trinajstić information content (AvgIpc) is 2.37. The number of aliphatic hydroxyl groups is 1. The number of hydrogen-bond acceptors (Lipinski definition) is 3. The van der Waals surface area contributed by atoms with Gasteiger partial charge in [0.15, 0.2) is 0 Å². The maximum atomic E-state index is 11.8. The second-order valence-electron chi connectivity index (χ2n) is 4.91. The highest BCUT2D eigenvalue weighted by Gasteiger charge is 2.26. The highest BCUT2D eigenvalue weighted by atomic mass is 16.3. The number of carbonyl (C=O) groups is 1. The van der Waals surface area contributed by atoms with Gasteiger partial charge in [-0.2, -0.15) is 0 Å². The summed E-state index contributed by atoms with van der Waals surface area (Å²) in [6, 6.07) is 0. The van der Waals surface area contributed by atoms with Crippen LogP contribution in [0.5, 0.6) is 0 Å². The van der Waals surface area contributed by atoms with E-state index >= 15 is 0 Å². The number of nitrogens with one attached hydrogen (secondary N) is 1. The Morgan fingerprint density at radius 3 is 2.41 bits per heavy atom. The topological polar surface area (TPSA) is 75.3 Å². The van der Waals surface area contributed by atoms with Crippen LogP contribution in [0, 0.1) is 11.3 Å². The lowest BCUT2D eigenvalue weighted by molar-refractivity contribution is -0.125. The van der Waals surface area contributed by atoms with Crippen molar-refractivity contribution >= 4 is 5.91 Å². The number of amides is 1. The molecule has 0 rings (SSSR count). The summed E-state index contributed by atoms with van der Waals surface area (Å²) in [5.41, 5.74) is 5.26. The molecule has 4 N–H and O–H groups in total. The SMILES string of the molecule is CCC(CC)(CO)CNC(=O)C(C)CCCN. The van der Waals surface area contributed by atoms with Crippen LogP contribution in [-0.4, -0.2) is 30.7 Å². The minimum Gasteiger partial charge on any atom is -0.396 e. The zero-order chi connectivity index (χ0) is 13.3. The molecular weight excluding hydrogens is 216 g/mol. The molecule has 0 heterocycles. The first kappa shape index (κ1) is 16.4. The minimum absolute atomic E-state index is 0.00338. The van der Waals surface area contributed by atoms with Gasteiger partial charge in [0.1, 0.15) is 0 Å². The van der Waals surface area contributed by atoms with E-state index in [1.54, 1.807) is 0 Å². The Balaban J connectivity index is 4.12. The van der Waals surface area contributed by atoms with Crippen LogP contribution in [0.25, 0.3) is 0 Å². The molecule has 0 aromatic carbocycles. The molecule has 0 spiro atoms. The standard InChI is InChI=1S/C13H28N2O2/c1-4-13(5-2,10-16)9-15-12(17)11(3)7-6-8-14/h11,16H,4-10,14H2,1-3H3,(H,15,17). The molecule has 0 radical (unpaired) electrons. The molecule has 0 aromatic heterocycles. The zero-order valence-electron chi connectivity index (χ0n) is 11.5. The number of hydrogen-bond donors (Lipinski definition) is 3. The van der Waals surface area contributed by atoms with Gasteiger partial charge < -0.3 is 16.2 Å². The van der Waals surface area contributed by atoms with Crippen LogP contribution in [0.2, 0.25) is 0 Å². The average molecular weight is 244 g/mol. The van der Waals surface area contributed by atoms with Crippen molar-refractivity contribution in [2.75, 3.05) is 19.7 Å². The Labute approximate surface area is 105 Å². The molecule has 0 bridgehead atoms. The molecule has 0 aliphatic rings. The van der Waals surface area contributed by atoms with E-state index in [4.69, 9.17) is 5.73 Å². The third-order valence-corrected chi connectivity index (χ3v) is 3.76. The summed E-state index contributed by atoms with van der Waals surface area (Å²) < 4.78 is 0. The number of carbonyl (C=O) groups excluding carboxylic acids is 1. The summed E-state index contributed by atoms with van der Waals surface area (Å²) in [6.45, 7) is 7.32. The molecule has 0 aliphatic carbocycles. The zero-order valence-corrected chi connectivity index (χ0v) is 11.5. The summed E-state index contributed by atoms with van der Waals surface area (Å²) in [4.78, 5) is 11.8. The predicted molar refractivity (Wildman–Crippen MR) is 70.6 cm³/mol. The smallest absolute Gasteiger partial charge is 0.222 e. The van der Waals surface area contributed by atoms with E-state index in [2.05, 4.69) is 5.32 Å². The van der Waals surface area contributed by atoms with Crippen LogP contribution in [0.15, 0.2) is 0 Å². The van der Waals surface area contributed by atoms with Crippen LogP contribution < -0.4 is 11.1 Å². The monoisotopic (exact) mass is 244 g/mol. The molecule has 0 saturated carbocycles. The molecule has 4 nitrogen and oxygen atoms in total. The van der Waals surface area contributed by atoms with Gasteiger partial charge in [-0.1, -0.05) is 20.8 Å². The van der Waals surface area contributed by atoms with Gasteiger partial charge in [-0.25, -0.2) is 0 Å². The summed E-state index contributed by atoms with van der Waals surface area (Å²) >= 11 is 0. The molecule has 102 valence electrons. The largest absolute Gasteiger partial charge is 0.396 e. The second kappa shape index (κ2) is 8.48. The van der Waals surface area contributed by atoms with E-state index in [1.807, 2.05) is 20.8 Å². The Kier molecular flexibility index (Phi) is 8.17. The molecule has 17 heavy (non-hydrogen) atoms. The third kappa shape index (κ3) is 5.50. The van der Waals surface area contributed by atoms with Crippen molar-refractivity contribution in [3.63, 3.8) is 0 Å². The maximum Gasteiger partial charge on any atom is 0.222 e. The molecule has 0 fully saturated rings. The van der Waals surface area contributed by atoms with Crippen molar-refractivity contribution in [2.45, 2.75) is 46.5 Å².